The van der Waals surface area contributed by atoms with Crippen molar-refractivity contribution in [1.82, 2.24) is 36.5 Å². The number of aryl methyl sites for hydroxylation is 8. The molecule has 5 aromatic rings. The smallest absolute Gasteiger partial charge is 0.331 e. The molecule has 0 aliphatic heterocycles. The minimum absolute atomic E-state index is 0.0902. The average Bonchev–Trinajstić information content (AvgIpc) is 3.34. The first-order valence-corrected chi connectivity index (χ1v) is 21.8. The molecule has 0 aliphatic carbocycles. The van der Waals surface area contributed by atoms with Crippen LogP contribution in [0.25, 0.3) is 0 Å². The third-order valence-corrected chi connectivity index (χ3v) is 11.6. The lowest BCUT2D eigenvalue weighted by molar-refractivity contribution is -0.141. The molecule has 4 aromatic heterocycles. The summed E-state index contributed by atoms with van der Waals surface area (Å²) in [7, 11) is 4.69. The number of carbonyl (C=O) groups is 4. The first kappa shape index (κ1) is 52.8. The molecule has 0 atom stereocenters. The highest BCUT2D eigenvalue weighted by Gasteiger charge is 2.22. The summed E-state index contributed by atoms with van der Waals surface area (Å²) >= 11 is 0. The van der Waals surface area contributed by atoms with E-state index < -0.39 is 95.1 Å². The quantitative estimate of drug-likeness (QED) is 0.0645. The van der Waals surface area contributed by atoms with Gasteiger partial charge in [-0.3, -0.25) is 74.9 Å². The van der Waals surface area contributed by atoms with Crippen LogP contribution in [0.1, 0.15) is 70.2 Å². The second-order valence-electron chi connectivity index (χ2n) is 16.4. The van der Waals surface area contributed by atoms with Gasteiger partial charge in [-0.15, -0.1) is 0 Å². The van der Waals surface area contributed by atoms with Crippen LogP contribution in [0.3, 0.4) is 0 Å². The molecule has 5 rings (SSSR count). The highest BCUT2D eigenvalue weighted by atomic mass is 16.5. The number of hydrogen-bond donors (Lipinski definition) is 0. The highest BCUT2D eigenvalue weighted by molar-refractivity contribution is 5.70. The second kappa shape index (κ2) is 22.7. The number of esters is 4. The Kier molecular flexibility index (Phi) is 17.2. The summed E-state index contributed by atoms with van der Waals surface area (Å²) in [6.45, 7) is 2.78. The Morgan fingerprint density at radius 1 is 0.357 bits per heavy atom. The van der Waals surface area contributed by atoms with Crippen LogP contribution >= 0.6 is 0 Å². The second-order valence-corrected chi connectivity index (χ2v) is 16.4. The highest BCUT2D eigenvalue weighted by Crippen LogP contribution is 2.21. The monoisotopic (exact) mass is 974 g/mol. The molecular formula is C46H54N8O16. The number of hydrogen-bond acceptors (Lipinski definition) is 16. The third-order valence-electron chi connectivity index (χ3n) is 11.6. The van der Waals surface area contributed by atoms with E-state index in [-0.39, 0.29) is 96.4 Å². The van der Waals surface area contributed by atoms with Crippen molar-refractivity contribution in [2.45, 2.75) is 106 Å². The Morgan fingerprint density at radius 2 is 0.543 bits per heavy atom. The number of aromatic nitrogens is 8. The molecule has 374 valence electrons. The SMILES string of the molecule is COC(=O)CCn1cc(C)c(=O)n(Cc2cc(Cn3c(=O)c(C)cn(CCC(=O)OC)c3=O)c(Cn3c(=O)c(C)cn(CCC(=O)OC)c3=O)cc2Cn2c(=O)c(C)cn(CCC(=O)OC)c2=O)c1=O. The maximum absolute atomic E-state index is 14.1. The Morgan fingerprint density at radius 3 is 0.714 bits per heavy atom. The van der Waals surface area contributed by atoms with E-state index in [9.17, 15) is 57.5 Å². The Balaban J connectivity index is 1.87. The number of methoxy groups -OCH3 is 4. The summed E-state index contributed by atoms with van der Waals surface area (Å²) in [4.78, 5) is 160. The van der Waals surface area contributed by atoms with Crippen molar-refractivity contribution in [1.29, 1.82) is 0 Å². The Labute approximate surface area is 396 Å². The molecule has 24 nitrogen and oxygen atoms in total. The van der Waals surface area contributed by atoms with Crippen LogP contribution in [0.5, 0.6) is 0 Å². The van der Waals surface area contributed by atoms with Gasteiger partial charge in [-0.1, -0.05) is 12.1 Å². The molecule has 0 aliphatic rings. The minimum atomic E-state index is -0.865. The average molecular weight is 975 g/mol. The van der Waals surface area contributed by atoms with Crippen molar-refractivity contribution in [3.63, 3.8) is 0 Å². The van der Waals surface area contributed by atoms with Crippen LogP contribution in [-0.2, 0) is 90.5 Å². The largest absolute Gasteiger partial charge is 0.469 e. The van der Waals surface area contributed by atoms with Gasteiger partial charge in [0.05, 0.1) is 80.3 Å². The fourth-order valence-corrected chi connectivity index (χ4v) is 7.71. The molecule has 1 aromatic carbocycles. The maximum Gasteiger partial charge on any atom is 0.331 e. The molecule has 0 fully saturated rings. The van der Waals surface area contributed by atoms with Gasteiger partial charge < -0.3 is 18.9 Å². The van der Waals surface area contributed by atoms with E-state index in [1.807, 2.05) is 0 Å². The standard InChI is InChI=1S/C46H54N8O16/c1-27-19-47(13-9-35(55)67-5)43(63)51(39(27)59)23-31-17-33(25-53-41(61)29(3)21-49(45(53)65)15-11-37(57)69-7)34(26-54-42(62)30(4)22-50(46(54)66)16-12-38(58)70-8)18-32(31)24-52-40(60)28(2)20-48(44(52)64)14-10-36(56)68-6/h17-22H,9-16,23-26H2,1-8H3. The lowest BCUT2D eigenvalue weighted by Crippen LogP contribution is -2.43. The first-order chi connectivity index (χ1) is 33.1. The minimum Gasteiger partial charge on any atom is -0.469 e. The van der Waals surface area contributed by atoms with E-state index >= 15 is 0 Å². The molecular weight excluding hydrogens is 921 g/mol. The lowest BCUT2D eigenvalue weighted by Gasteiger charge is -2.21. The van der Waals surface area contributed by atoms with Gasteiger partial charge in [-0.2, -0.15) is 0 Å². The van der Waals surface area contributed by atoms with Crippen LogP contribution in [0.15, 0.2) is 75.3 Å². The van der Waals surface area contributed by atoms with Gasteiger partial charge in [-0.25, -0.2) is 19.2 Å². The van der Waals surface area contributed by atoms with Gasteiger partial charge in [0, 0.05) is 73.2 Å². The third kappa shape index (κ3) is 11.9. The number of carbonyl (C=O) groups excluding carboxylic acids is 4. The summed E-state index contributed by atoms with van der Waals surface area (Å²) in [6, 6.07) is 2.83. The van der Waals surface area contributed by atoms with E-state index in [1.54, 1.807) is 0 Å². The van der Waals surface area contributed by atoms with E-state index in [2.05, 4.69) is 0 Å². The van der Waals surface area contributed by atoms with Crippen LogP contribution in [0, 0.1) is 27.7 Å². The molecule has 0 saturated heterocycles. The molecule has 0 radical (unpaired) electrons. The summed E-state index contributed by atoms with van der Waals surface area (Å²) in [5.41, 5.74) is -5.74. The van der Waals surface area contributed by atoms with Crippen molar-refractivity contribution in [2.75, 3.05) is 28.4 Å². The topological polar surface area (TPSA) is 281 Å². The van der Waals surface area contributed by atoms with Gasteiger partial charge in [0.25, 0.3) is 22.2 Å². The van der Waals surface area contributed by atoms with Crippen molar-refractivity contribution in [3.05, 3.63) is 165 Å². The fourth-order valence-electron chi connectivity index (χ4n) is 7.71. The predicted molar refractivity (Wildman–Crippen MR) is 248 cm³/mol. The van der Waals surface area contributed by atoms with Crippen molar-refractivity contribution in [2.24, 2.45) is 0 Å². The van der Waals surface area contributed by atoms with E-state index in [4.69, 9.17) is 18.9 Å². The Bertz CT molecular complexity index is 2940. The summed E-state index contributed by atoms with van der Waals surface area (Å²) in [5, 5.41) is 0. The van der Waals surface area contributed by atoms with Crippen molar-refractivity contribution < 1.29 is 38.1 Å². The van der Waals surface area contributed by atoms with E-state index in [1.165, 1.54) is 93.1 Å². The zero-order chi connectivity index (χ0) is 51.7. The number of rotatable bonds is 20. The van der Waals surface area contributed by atoms with Crippen LogP contribution in [-0.4, -0.2) is 88.9 Å². The lowest BCUT2D eigenvalue weighted by atomic mass is 9.97. The van der Waals surface area contributed by atoms with Crippen molar-refractivity contribution in [3.8, 4) is 0 Å². The van der Waals surface area contributed by atoms with E-state index in [0.717, 1.165) is 36.5 Å². The van der Waals surface area contributed by atoms with Gasteiger partial charge in [0.15, 0.2) is 0 Å². The summed E-state index contributed by atoms with van der Waals surface area (Å²) in [5.74, 6) is -2.54. The Hall–Kier alpha value is -8.18. The molecule has 4 heterocycles. The van der Waals surface area contributed by atoms with E-state index in [0.29, 0.717) is 0 Å². The summed E-state index contributed by atoms with van der Waals surface area (Å²) < 4.78 is 26.9. The number of ether oxygens (including phenoxy) is 4. The normalized spacial score (nSPS) is 11.1. The van der Waals surface area contributed by atoms with Gasteiger partial charge >= 0.3 is 46.6 Å². The molecule has 0 spiro atoms. The number of nitrogens with zero attached hydrogens (tertiary/aromatic N) is 8. The fraction of sp³-hybridized carbons (Fsp3) is 0.435. The van der Waals surface area contributed by atoms with Crippen molar-refractivity contribution >= 4 is 23.9 Å². The molecule has 0 unspecified atom stereocenters. The van der Waals surface area contributed by atoms with Crippen LogP contribution in [0.2, 0.25) is 0 Å². The van der Waals surface area contributed by atoms with Crippen LogP contribution in [0.4, 0.5) is 0 Å². The molecule has 0 N–H and O–H groups in total. The zero-order valence-corrected chi connectivity index (χ0v) is 40.1. The molecule has 70 heavy (non-hydrogen) atoms. The van der Waals surface area contributed by atoms with Gasteiger partial charge in [0.1, 0.15) is 0 Å². The molecule has 0 saturated carbocycles. The first-order valence-electron chi connectivity index (χ1n) is 21.8. The van der Waals surface area contributed by atoms with Crippen LogP contribution < -0.4 is 45.0 Å². The van der Waals surface area contributed by atoms with Gasteiger partial charge in [-0.05, 0) is 49.9 Å². The zero-order valence-electron chi connectivity index (χ0n) is 40.1. The molecule has 0 bridgehead atoms. The predicted octanol–water partition coefficient (Wildman–Crippen LogP) is -1.34. The maximum atomic E-state index is 14.1. The summed E-state index contributed by atoms with van der Waals surface area (Å²) in [6.07, 6.45) is 4.16. The molecule has 24 heteroatoms. The molecule has 0 amide bonds. The van der Waals surface area contributed by atoms with Gasteiger partial charge in [0.2, 0.25) is 0 Å². The number of benzene rings is 1.